The summed E-state index contributed by atoms with van der Waals surface area (Å²) in [7, 11) is 0. The predicted octanol–water partition coefficient (Wildman–Crippen LogP) is 4.49. The van der Waals surface area contributed by atoms with Crippen LogP contribution in [-0.4, -0.2) is 27.5 Å². The highest BCUT2D eigenvalue weighted by Crippen LogP contribution is 2.29. The molecule has 3 aromatic rings. The number of aromatic nitrogens is 3. The molecule has 0 saturated carbocycles. The van der Waals surface area contributed by atoms with Gasteiger partial charge in [-0.1, -0.05) is 12.1 Å². The molecule has 1 heterocycles. The van der Waals surface area contributed by atoms with Gasteiger partial charge in [0, 0.05) is 10.5 Å². The summed E-state index contributed by atoms with van der Waals surface area (Å²) in [4.78, 5) is 17.9. The molecule has 0 spiro atoms. The summed E-state index contributed by atoms with van der Waals surface area (Å²) in [5.41, 5.74) is 8.53. The summed E-state index contributed by atoms with van der Waals surface area (Å²) in [6.07, 6.45) is -3.62. The highest BCUT2D eigenvalue weighted by atomic mass is 19.4. The number of amides is 1. The molecule has 1 amide bonds. The molecule has 1 aromatic heterocycles. The molecule has 2 aromatic carbocycles. The lowest BCUT2D eigenvalue weighted by Crippen LogP contribution is -2.18. The molecular formula is C17H11F4N7O2. The van der Waals surface area contributed by atoms with Crippen molar-refractivity contribution in [2.24, 2.45) is 5.11 Å². The summed E-state index contributed by atoms with van der Waals surface area (Å²) in [6.45, 7) is 0. The summed E-state index contributed by atoms with van der Waals surface area (Å²) >= 11 is 0. The Morgan fingerprint density at radius 1 is 1.23 bits per heavy atom. The van der Waals surface area contributed by atoms with Crippen molar-refractivity contribution >= 4 is 11.6 Å². The second kappa shape index (κ2) is 8.49. The fourth-order valence-electron chi connectivity index (χ4n) is 2.54. The van der Waals surface area contributed by atoms with Crippen molar-refractivity contribution in [3.63, 3.8) is 0 Å². The summed E-state index contributed by atoms with van der Waals surface area (Å²) in [5.74, 6) is -1.94. The first-order valence-corrected chi connectivity index (χ1v) is 8.13. The SMILES string of the molecule is [N-]=[N+]=NC(=O)c1ccc(NC(c2ccc(OC(F)(F)F)cc2)c2ncn[nH]2)c(F)c1. The summed E-state index contributed by atoms with van der Waals surface area (Å²) < 4.78 is 55.3. The van der Waals surface area contributed by atoms with Crippen LogP contribution in [-0.2, 0) is 0 Å². The van der Waals surface area contributed by atoms with Crippen LogP contribution in [0.15, 0.2) is 53.9 Å². The number of carbonyl (C=O) groups is 1. The van der Waals surface area contributed by atoms with E-state index < -0.39 is 29.9 Å². The monoisotopic (exact) mass is 421 g/mol. The van der Waals surface area contributed by atoms with Gasteiger partial charge >= 0.3 is 6.36 Å². The molecular weight excluding hydrogens is 410 g/mol. The Morgan fingerprint density at radius 2 is 1.97 bits per heavy atom. The van der Waals surface area contributed by atoms with Gasteiger partial charge in [-0.15, -0.1) is 13.2 Å². The molecule has 1 unspecified atom stereocenters. The number of anilines is 1. The van der Waals surface area contributed by atoms with Crippen LogP contribution in [0.2, 0.25) is 0 Å². The predicted molar refractivity (Wildman–Crippen MR) is 94.8 cm³/mol. The van der Waals surface area contributed by atoms with Crippen molar-refractivity contribution < 1.29 is 27.1 Å². The number of halogens is 4. The van der Waals surface area contributed by atoms with E-state index in [0.29, 0.717) is 5.56 Å². The number of aromatic amines is 1. The van der Waals surface area contributed by atoms with E-state index >= 15 is 0 Å². The van der Waals surface area contributed by atoms with E-state index in [1.165, 1.54) is 30.6 Å². The Morgan fingerprint density at radius 3 is 2.53 bits per heavy atom. The zero-order valence-electron chi connectivity index (χ0n) is 14.8. The molecule has 0 saturated heterocycles. The highest BCUT2D eigenvalue weighted by Gasteiger charge is 2.31. The molecule has 3 rings (SSSR count). The van der Waals surface area contributed by atoms with Gasteiger partial charge in [-0.05, 0) is 46.5 Å². The minimum absolute atomic E-state index is 0.0375. The first-order chi connectivity index (χ1) is 14.3. The lowest BCUT2D eigenvalue weighted by Gasteiger charge is -2.19. The zero-order chi connectivity index (χ0) is 21.7. The normalized spacial score (nSPS) is 12.0. The fraction of sp³-hybridized carbons (Fsp3) is 0.118. The first-order valence-electron chi connectivity index (χ1n) is 8.13. The summed E-state index contributed by atoms with van der Waals surface area (Å²) in [6, 6.07) is 7.47. The number of rotatable bonds is 6. The number of hydrogen-bond acceptors (Lipinski definition) is 5. The number of alkyl halides is 3. The van der Waals surface area contributed by atoms with Crippen molar-refractivity contribution in [2.45, 2.75) is 12.4 Å². The van der Waals surface area contributed by atoms with Gasteiger partial charge in [0.05, 0.1) is 5.69 Å². The molecule has 0 radical (unpaired) electrons. The molecule has 0 aliphatic rings. The van der Waals surface area contributed by atoms with Crippen LogP contribution < -0.4 is 10.1 Å². The molecule has 30 heavy (non-hydrogen) atoms. The van der Waals surface area contributed by atoms with E-state index in [1.54, 1.807) is 0 Å². The van der Waals surface area contributed by atoms with Gasteiger partial charge in [-0.3, -0.25) is 9.89 Å². The van der Waals surface area contributed by atoms with Crippen LogP contribution in [0.4, 0.5) is 23.2 Å². The van der Waals surface area contributed by atoms with E-state index in [2.05, 4.69) is 35.3 Å². The number of ether oxygens (including phenoxy) is 1. The maximum atomic E-state index is 14.5. The van der Waals surface area contributed by atoms with Crippen LogP contribution in [0.3, 0.4) is 0 Å². The maximum Gasteiger partial charge on any atom is 0.573 e. The van der Waals surface area contributed by atoms with Crippen LogP contribution in [0.25, 0.3) is 10.4 Å². The van der Waals surface area contributed by atoms with E-state index in [4.69, 9.17) is 5.53 Å². The van der Waals surface area contributed by atoms with E-state index in [-0.39, 0.29) is 17.1 Å². The zero-order valence-corrected chi connectivity index (χ0v) is 14.8. The molecule has 0 fully saturated rings. The van der Waals surface area contributed by atoms with Crippen molar-refractivity contribution in [2.75, 3.05) is 5.32 Å². The van der Waals surface area contributed by atoms with Gasteiger partial charge in [0.25, 0.3) is 0 Å². The minimum atomic E-state index is -4.83. The standard InChI is InChI=1S/C17H11F4N7O2/c18-12-7-10(16(29)27-28-22)3-6-13(12)25-14(15-23-8-24-26-15)9-1-4-11(5-2-9)30-17(19,20)21/h1-8,14,25H,(H,23,24,26). The largest absolute Gasteiger partial charge is 0.573 e. The number of hydrogen-bond donors (Lipinski definition) is 2. The lowest BCUT2D eigenvalue weighted by atomic mass is 10.1. The van der Waals surface area contributed by atoms with Gasteiger partial charge in [0.1, 0.15) is 23.9 Å². The first kappa shape index (κ1) is 20.6. The highest BCUT2D eigenvalue weighted by molar-refractivity contribution is 5.95. The molecule has 2 N–H and O–H groups in total. The molecule has 9 nitrogen and oxygen atoms in total. The molecule has 154 valence electrons. The van der Waals surface area contributed by atoms with Gasteiger partial charge in [0.2, 0.25) is 5.91 Å². The average molecular weight is 421 g/mol. The van der Waals surface area contributed by atoms with Crippen molar-refractivity contribution in [3.05, 3.63) is 82.0 Å². The van der Waals surface area contributed by atoms with Gasteiger partial charge < -0.3 is 10.1 Å². The number of H-pyrrole nitrogens is 1. The molecule has 0 aliphatic heterocycles. The second-order valence-corrected chi connectivity index (χ2v) is 5.75. The average Bonchev–Trinajstić information content (AvgIpc) is 3.21. The van der Waals surface area contributed by atoms with E-state index in [0.717, 1.165) is 18.2 Å². The van der Waals surface area contributed by atoms with Crippen molar-refractivity contribution in [1.29, 1.82) is 0 Å². The Balaban J connectivity index is 1.89. The van der Waals surface area contributed by atoms with Crippen molar-refractivity contribution in [1.82, 2.24) is 15.2 Å². The third kappa shape index (κ3) is 5.02. The van der Waals surface area contributed by atoms with Gasteiger partial charge in [-0.25, -0.2) is 9.37 Å². The van der Waals surface area contributed by atoms with Crippen molar-refractivity contribution in [3.8, 4) is 5.75 Å². The third-order valence-electron chi connectivity index (χ3n) is 3.81. The van der Waals surface area contributed by atoms with Crippen LogP contribution >= 0.6 is 0 Å². The Bertz CT molecular complexity index is 1080. The maximum absolute atomic E-state index is 14.5. The van der Waals surface area contributed by atoms with Gasteiger partial charge in [-0.2, -0.15) is 5.10 Å². The Kier molecular flexibility index (Phi) is 5.83. The number of nitrogens with zero attached hydrogens (tertiary/aromatic N) is 5. The molecule has 0 aliphatic carbocycles. The number of carbonyl (C=O) groups excluding carboxylic acids is 1. The Labute approximate surface area is 165 Å². The van der Waals surface area contributed by atoms with Crippen LogP contribution in [0.5, 0.6) is 5.75 Å². The third-order valence-corrected chi connectivity index (χ3v) is 3.81. The molecule has 1 atom stereocenters. The van der Waals surface area contributed by atoms with E-state index in [1.807, 2.05) is 0 Å². The number of azide groups is 1. The number of nitrogens with one attached hydrogen (secondary N) is 2. The topological polar surface area (TPSA) is 129 Å². The molecule has 0 bridgehead atoms. The number of benzene rings is 2. The van der Waals surface area contributed by atoms with Crippen LogP contribution in [0.1, 0.15) is 27.8 Å². The molecule has 13 heteroatoms. The fourth-order valence-corrected chi connectivity index (χ4v) is 2.54. The smallest absolute Gasteiger partial charge is 0.406 e. The second-order valence-electron chi connectivity index (χ2n) is 5.75. The van der Waals surface area contributed by atoms with Crippen LogP contribution in [0, 0.1) is 5.82 Å². The lowest BCUT2D eigenvalue weighted by molar-refractivity contribution is -0.274. The quantitative estimate of drug-likeness (QED) is 0.262. The minimum Gasteiger partial charge on any atom is -0.406 e. The van der Waals surface area contributed by atoms with E-state index in [9.17, 15) is 22.4 Å². The Hall–Kier alpha value is -4.12. The summed E-state index contributed by atoms with van der Waals surface area (Å²) in [5, 5.41) is 12.1. The van der Waals surface area contributed by atoms with Gasteiger partial charge in [0.15, 0.2) is 5.82 Å².